The molecule has 0 unspecified atom stereocenters. The Kier molecular flexibility index (Phi) is 4.65. The first-order chi connectivity index (χ1) is 11.3. The number of ether oxygens (including phenoxy) is 1. The zero-order chi connectivity index (χ0) is 17.5. The molecule has 3 aliphatic rings. The molecule has 0 aromatic rings. The summed E-state index contributed by atoms with van der Waals surface area (Å²) in [6.45, 7) is 6.98. The number of hydrogen-bond acceptors (Lipinski definition) is 4. The summed E-state index contributed by atoms with van der Waals surface area (Å²) in [5, 5.41) is 20.5. The molecule has 24 heavy (non-hydrogen) atoms. The van der Waals surface area contributed by atoms with E-state index in [1.807, 2.05) is 13.0 Å². The van der Waals surface area contributed by atoms with Gasteiger partial charge in [0.05, 0.1) is 12.7 Å². The maximum Gasteiger partial charge on any atom is 0.334 e. The van der Waals surface area contributed by atoms with Gasteiger partial charge in [0.15, 0.2) is 0 Å². The van der Waals surface area contributed by atoms with Crippen LogP contribution in [-0.4, -0.2) is 35.5 Å². The van der Waals surface area contributed by atoms with Crippen molar-refractivity contribution in [2.24, 2.45) is 16.7 Å². The van der Waals surface area contributed by atoms with Gasteiger partial charge in [0, 0.05) is 11.0 Å². The fourth-order valence-electron chi connectivity index (χ4n) is 5.48. The average molecular weight is 334 g/mol. The van der Waals surface area contributed by atoms with Crippen molar-refractivity contribution in [3.05, 3.63) is 22.8 Å². The van der Waals surface area contributed by atoms with Crippen LogP contribution in [0.15, 0.2) is 22.8 Å². The summed E-state index contributed by atoms with van der Waals surface area (Å²) in [6, 6.07) is 0. The maximum atomic E-state index is 11.7. The number of aliphatic hydroxyl groups excluding tert-OH is 2. The van der Waals surface area contributed by atoms with Crippen LogP contribution in [-0.2, 0) is 9.53 Å². The lowest BCUT2D eigenvalue weighted by Gasteiger charge is -2.57. The second-order valence-electron chi connectivity index (χ2n) is 8.31. The van der Waals surface area contributed by atoms with Gasteiger partial charge in [-0.1, -0.05) is 25.0 Å². The molecule has 1 fully saturated rings. The molecule has 134 valence electrons. The van der Waals surface area contributed by atoms with Crippen molar-refractivity contribution in [3.8, 4) is 0 Å². The Labute approximate surface area is 144 Å². The van der Waals surface area contributed by atoms with E-state index < -0.39 is 11.5 Å². The second-order valence-corrected chi connectivity index (χ2v) is 8.31. The monoisotopic (exact) mass is 334 g/mol. The minimum Gasteiger partial charge on any atom is -0.458 e. The van der Waals surface area contributed by atoms with Gasteiger partial charge in [-0.25, -0.2) is 4.79 Å². The molecule has 1 heterocycles. The molecule has 1 aliphatic heterocycles. The minimum atomic E-state index is -0.440. The topological polar surface area (TPSA) is 66.8 Å². The van der Waals surface area contributed by atoms with Crippen LogP contribution in [0.25, 0.3) is 0 Å². The molecule has 0 saturated heterocycles. The molecule has 3 rings (SSSR count). The predicted octanol–water partition coefficient (Wildman–Crippen LogP) is 3.14. The standard InChI is InChI=1S/C20H30O4/c1-13-4-7-16-19(2,10-8-17(22)20(16,3)12-21)15(13)6-5-14-9-11-24-18(14)23/h9,16-17,21-22H,4-8,10-12H2,1-3H3/t16-,17+,19-,20+/m0/s1. The lowest BCUT2D eigenvalue weighted by atomic mass is 9.48. The van der Waals surface area contributed by atoms with E-state index in [2.05, 4.69) is 13.8 Å². The third-order valence-electron chi connectivity index (χ3n) is 7.07. The maximum absolute atomic E-state index is 11.7. The first-order valence-electron chi connectivity index (χ1n) is 9.17. The molecule has 1 saturated carbocycles. The van der Waals surface area contributed by atoms with E-state index in [0.29, 0.717) is 6.61 Å². The van der Waals surface area contributed by atoms with E-state index in [4.69, 9.17) is 4.74 Å². The molecule has 0 aromatic heterocycles. The number of aliphatic hydroxyl groups is 2. The van der Waals surface area contributed by atoms with Crippen molar-refractivity contribution < 1.29 is 19.7 Å². The number of carbonyl (C=O) groups excluding carboxylic acids is 1. The average Bonchev–Trinajstić information content (AvgIpc) is 2.96. The van der Waals surface area contributed by atoms with Crippen LogP contribution < -0.4 is 0 Å². The molecule has 4 heteroatoms. The Bertz CT molecular complexity index is 590. The van der Waals surface area contributed by atoms with Crippen LogP contribution in [0.1, 0.15) is 59.3 Å². The summed E-state index contributed by atoms with van der Waals surface area (Å²) in [5.74, 6) is 0.104. The van der Waals surface area contributed by atoms with Crippen LogP contribution in [0.5, 0.6) is 0 Å². The third kappa shape index (κ3) is 2.64. The Morgan fingerprint density at radius 2 is 2.04 bits per heavy atom. The molecular formula is C20H30O4. The van der Waals surface area contributed by atoms with Crippen LogP contribution >= 0.6 is 0 Å². The highest BCUT2D eigenvalue weighted by atomic mass is 16.5. The predicted molar refractivity (Wildman–Crippen MR) is 92.2 cm³/mol. The van der Waals surface area contributed by atoms with E-state index in [9.17, 15) is 15.0 Å². The van der Waals surface area contributed by atoms with Crippen LogP contribution in [0, 0.1) is 16.7 Å². The summed E-state index contributed by atoms with van der Waals surface area (Å²) in [5.41, 5.74) is 3.22. The van der Waals surface area contributed by atoms with Crippen LogP contribution in [0.4, 0.5) is 0 Å². The van der Waals surface area contributed by atoms with Crippen molar-refractivity contribution in [2.75, 3.05) is 13.2 Å². The van der Waals surface area contributed by atoms with Gasteiger partial charge < -0.3 is 14.9 Å². The van der Waals surface area contributed by atoms with Crippen LogP contribution in [0.3, 0.4) is 0 Å². The lowest BCUT2D eigenvalue weighted by molar-refractivity contribution is -0.136. The molecule has 4 nitrogen and oxygen atoms in total. The van der Waals surface area contributed by atoms with E-state index in [1.165, 1.54) is 11.1 Å². The summed E-state index contributed by atoms with van der Waals surface area (Å²) < 4.78 is 5.01. The van der Waals surface area contributed by atoms with E-state index in [0.717, 1.165) is 44.1 Å². The SMILES string of the molecule is CC1=C(CCC2=CCOC2=O)[C@]2(C)CC[C@@H](O)[C@](C)(CO)[C@H]2CC1. The molecule has 0 bridgehead atoms. The minimum absolute atomic E-state index is 0.00210. The van der Waals surface area contributed by atoms with Gasteiger partial charge in [0.1, 0.15) is 6.61 Å². The van der Waals surface area contributed by atoms with E-state index in [-0.39, 0.29) is 23.9 Å². The highest BCUT2D eigenvalue weighted by Gasteiger charge is 2.55. The fraction of sp³-hybridized carbons (Fsp3) is 0.750. The Balaban J connectivity index is 1.86. The zero-order valence-corrected chi connectivity index (χ0v) is 15.1. The molecule has 0 radical (unpaired) electrons. The molecule has 4 atom stereocenters. The molecule has 2 N–H and O–H groups in total. The molecule has 0 amide bonds. The number of allylic oxidation sites excluding steroid dienone is 2. The quantitative estimate of drug-likeness (QED) is 0.612. The second kappa shape index (κ2) is 6.30. The first-order valence-corrected chi connectivity index (χ1v) is 9.17. The number of rotatable bonds is 4. The summed E-state index contributed by atoms with van der Waals surface area (Å²) in [4.78, 5) is 11.7. The van der Waals surface area contributed by atoms with E-state index in [1.54, 1.807) is 0 Å². The summed E-state index contributed by atoms with van der Waals surface area (Å²) in [6.07, 6.45) is 6.77. The van der Waals surface area contributed by atoms with Crippen molar-refractivity contribution in [1.82, 2.24) is 0 Å². The number of esters is 1. The normalized spacial score (nSPS) is 39.5. The number of hydrogen-bond donors (Lipinski definition) is 2. The van der Waals surface area contributed by atoms with Gasteiger partial charge in [0.2, 0.25) is 0 Å². The van der Waals surface area contributed by atoms with Crippen molar-refractivity contribution in [2.45, 2.75) is 65.4 Å². The largest absolute Gasteiger partial charge is 0.458 e. The van der Waals surface area contributed by atoms with Crippen molar-refractivity contribution >= 4 is 5.97 Å². The number of cyclic esters (lactones) is 1. The van der Waals surface area contributed by atoms with Gasteiger partial charge in [-0.2, -0.15) is 0 Å². The van der Waals surface area contributed by atoms with Gasteiger partial charge in [-0.05, 0) is 62.9 Å². The highest BCUT2D eigenvalue weighted by molar-refractivity contribution is 5.90. The van der Waals surface area contributed by atoms with Gasteiger partial charge in [0.25, 0.3) is 0 Å². The molecule has 2 aliphatic carbocycles. The summed E-state index contributed by atoms with van der Waals surface area (Å²) >= 11 is 0. The smallest absolute Gasteiger partial charge is 0.334 e. The lowest BCUT2D eigenvalue weighted by Crippen LogP contribution is -2.55. The Hall–Kier alpha value is -1.13. The third-order valence-corrected chi connectivity index (χ3v) is 7.07. The van der Waals surface area contributed by atoms with Crippen LogP contribution in [0.2, 0.25) is 0 Å². The number of fused-ring (bicyclic) bond motifs is 1. The first kappa shape index (κ1) is 17.7. The van der Waals surface area contributed by atoms with Gasteiger partial charge in [-0.3, -0.25) is 0 Å². The van der Waals surface area contributed by atoms with Gasteiger partial charge >= 0.3 is 5.97 Å². The highest BCUT2D eigenvalue weighted by Crippen LogP contribution is 2.60. The molecule has 0 aromatic carbocycles. The van der Waals surface area contributed by atoms with E-state index >= 15 is 0 Å². The molecular weight excluding hydrogens is 304 g/mol. The Morgan fingerprint density at radius 1 is 1.29 bits per heavy atom. The van der Waals surface area contributed by atoms with Gasteiger partial charge in [-0.15, -0.1) is 0 Å². The zero-order valence-electron chi connectivity index (χ0n) is 15.1. The number of carbonyl (C=O) groups is 1. The van der Waals surface area contributed by atoms with Crippen molar-refractivity contribution in [1.29, 1.82) is 0 Å². The summed E-state index contributed by atoms with van der Waals surface area (Å²) in [7, 11) is 0. The van der Waals surface area contributed by atoms with Crippen molar-refractivity contribution in [3.63, 3.8) is 0 Å². The fourth-order valence-corrected chi connectivity index (χ4v) is 5.48. The Morgan fingerprint density at radius 3 is 2.67 bits per heavy atom. The molecule has 0 spiro atoms.